The number of carbonyl (C=O) groups is 2. The molecule has 2 atom stereocenters. The van der Waals surface area contributed by atoms with Crippen molar-refractivity contribution in [2.24, 2.45) is 0 Å². The Kier molecular flexibility index (Phi) is 5.99. The Bertz CT molecular complexity index is 457. The number of rotatable bonds is 7. The highest BCUT2D eigenvalue weighted by Gasteiger charge is 2.25. The maximum absolute atomic E-state index is 11.8. The molecule has 0 aliphatic carbocycles. The van der Waals surface area contributed by atoms with Crippen LogP contribution < -0.4 is 10.1 Å². The van der Waals surface area contributed by atoms with Crippen LogP contribution in [-0.4, -0.2) is 36.8 Å². The summed E-state index contributed by atoms with van der Waals surface area (Å²) >= 11 is 0. The lowest BCUT2D eigenvalue weighted by Gasteiger charge is -2.19. The van der Waals surface area contributed by atoms with E-state index >= 15 is 0 Å². The molecule has 20 heavy (non-hydrogen) atoms. The zero-order valence-electron chi connectivity index (χ0n) is 11.8. The first kappa shape index (κ1) is 16.0. The van der Waals surface area contributed by atoms with Crippen LogP contribution in [-0.2, 0) is 14.3 Å². The first-order valence-electron chi connectivity index (χ1n) is 6.29. The fourth-order valence-electron chi connectivity index (χ4n) is 1.66. The summed E-state index contributed by atoms with van der Waals surface area (Å²) < 4.78 is 10.0. The van der Waals surface area contributed by atoms with Gasteiger partial charge in [0.15, 0.2) is 0 Å². The molecule has 6 nitrogen and oxygen atoms in total. The van der Waals surface area contributed by atoms with Crippen LogP contribution >= 0.6 is 0 Å². The molecular weight excluding hydrogens is 262 g/mol. The molecule has 110 valence electrons. The number of carboxylic acid groups (broad SMARTS) is 1. The van der Waals surface area contributed by atoms with Crippen molar-refractivity contribution in [2.75, 3.05) is 13.7 Å². The minimum atomic E-state index is -1.04. The van der Waals surface area contributed by atoms with Gasteiger partial charge in [0.1, 0.15) is 17.8 Å². The van der Waals surface area contributed by atoms with Gasteiger partial charge in [-0.05, 0) is 31.5 Å². The number of hydrogen-bond donors (Lipinski definition) is 2. The number of methoxy groups -OCH3 is 1. The normalized spacial score (nSPS) is 13.3. The number of nitrogens with one attached hydrogen (secondary N) is 1. The average Bonchev–Trinajstić information content (AvgIpc) is 2.45. The van der Waals surface area contributed by atoms with Crippen LogP contribution in [0.2, 0.25) is 0 Å². The Morgan fingerprint density at radius 3 is 2.35 bits per heavy atom. The van der Waals surface area contributed by atoms with Gasteiger partial charge < -0.3 is 14.6 Å². The second-order valence-electron chi connectivity index (χ2n) is 4.18. The van der Waals surface area contributed by atoms with E-state index in [1.165, 1.54) is 14.0 Å². The quantitative estimate of drug-likeness (QED) is 0.734. The summed E-state index contributed by atoms with van der Waals surface area (Å²) in [5.74, 6) is -0.891. The minimum Gasteiger partial charge on any atom is -0.494 e. The zero-order valence-corrected chi connectivity index (χ0v) is 11.8. The monoisotopic (exact) mass is 281 g/mol. The van der Waals surface area contributed by atoms with E-state index in [-0.39, 0.29) is 0 Å². The van der Waals surface area contributed by atoms with Gasteiger partial charge in [0, 0.05) is 0 Å². The molecule has 1 rings (SSSR count). The molecule has 0 spiro atoms. The lowest BCUT2D eigenvalue weighted by molar-refractivity contribution is -0.144. The SMILES string of the molecule is CCOc1ccc(C(NC(C)C(=O)O)C(=O)OC)cc1. The maximum atomic E-state index is 11.8. The average molecular weight is 281 g/mol. The van der Waals surface area contributed by atoms with Crippen molar-refractivity contribution in [3.8, 4) is 5.75 Å². The van der Waals surface area contributed by atoms with E-state index in [4.69, 9.17) is 14.6 Å². The third-order valence-electron chi connectivity index (χ3n) is 2.75. The Morgan fingerprint density at radius 1 is 1.30 bits per heavy atom. The van der Waals surface area contributed by atoms with Crippen molar-refractivity contribution in [3.05, 3.63) is 29.8 Å². The number of esters is 1. The van der Waals surface area contributed by atoms with Crippen molar-refractivity contribution in [1.82, 2.24) is 5.32 Å². The summed E-state index contributed by atoms with van der Waals surface area (Å²) in [7, 11) is 1.26. The largest absolute Gasteiger partial charge is 0.494 e. The molecule has 6 heteroatoms. The molecule has 0 radical (unpaired) electrons. The Morgan fingerprint density at radius 2 is 1.90 bits per heavy atom. The fraction of sp³-hybridized carbons (Fsp3) is 0.429. The van der Waals surface area contributed by atoms with Crippen LogP contribution in [0.4, 0.5) is 0 Å². The Labute approximate surface area is 117 Å². The van der Waals surface area contributed by atoms with E-state index in [1.54, 1.807) is 24.3 Å². The van der Waals surface area contributed by atoms with Crippen LogP contribution in [0, 0.1) is 0 Å². The molecule has 1 aromatic carbocycles. The summed E-state index contributed by atoms with van der Waals surface area (Å²) in [6, 6.07) is 5.15. The van der Waals surface area contributed by atoms with Crippen molar-refractivity contribution < 1.29 is 24.2 Å². The number of carboxylic acids is 1. The van der Waals surface area contributed by atoms with E-state index in [2.05, 4.69) is 5.32 Å². The molecular formula is C14H19NO5. The molecule has 0 bridgehead atoms. The summed E-state index contributed by atoms with van der Waals surface area (Å²) in [5, 5.41) is 11.6. The molecule has 0 heterocycles. The maximum Gasteiger partial charge on any atom is 0.327 e. The van der Waals surface area contributed by atoms with Crippen molar-refractivity contribution in [3.63, 3.8) is 0 Å². The van der Waals surface area contributed by atoms with Crippen LogP contribution in [0.3, 0.4) is 0 Å². The van der Waals surface area contributed by atoms with Gasteiger partial charge >= 0.3 is 11.9 Å². The molecule has 0 saturated carbocycles. The second-order valence-corrected chi connectivity index (χ2v) is 4.18. The van der Waals surface area contributed by atoms with Gasteiger partial charge in [0.25, 0.3) is 0 Å². The first-order valence-corrected chi connectivity index (χ1v) is 6.29. The molecule has 0 aromatic heterocycles. The molecule has 0 aliphatic rings. The van der Waals surface area contributed by atoms with Gasteiger partial charge in [0.2, 0.25) is 0 Å². The molecule has 0 amide bonds. The van der Waals surface area contributed by atoms with E-state index in [0.717, 1.165) is 0 Å². The smallest absolute Gasteiger partial charge is 0.327 e. The topological polar surface area (TPSA) is 84.9 Å². The number of aliphatic carboxylic acids is 1. The number of carbonyl (C=O) groups excluding carboxylic acids is 1. The first-order chi connectivity index (χ1) is 9.49. The minimum absolute atomic E-state index is 0.540. The summed E-state index contributed by atoms with van der Waals surface area (Å²) in [5.41, 5.74) is 0.619. The van der Waals surface area contributed by atoms with Crippen LogP contribution in [0.15, 0.2) is 24.3 Å². The standard InChI is InChI=1S/C14H19NO5/c1-4-20-11-7-5-10(6-8-11)12(14(18)19-3)15-9(2)13(16)17/h5-9,12,15H,4H2,1-3H3,(H,16,17). The second kappa shape index (κ2) is 7.49. The van der Waals surface area contributed by atoms with Crippen LogP contribution in [0.1, 0.15) is 25.5 Å². The Balaban J connectivity index is 2.92. The Hall–Kier alpha value is -2.08. The van der Waals surface area contributed by atoms with Gasteiger partial charge in [-0.15, -0.1) is 0 Å². The predicted octanol–water partition coefficient (Wildman–Crippen LogP) is 1.36. The highest BCUT2D eigenvalue weighted by molar-refractivity contribution is 5.79. The predicted molar refractivity (Wildman–Crippen MR) is 72.6 cm³/mol. The van der Waals surface area contributed by atoms with Crippen molar-refractivity contribution in [2.45, 2.75) is 25.9 Å². The summed E-state index contributed by atoms with van der Waals surface area (Å²) in [6.45, 7) is 3.89. The van der Waals surface area contributed by atoms with Crippen molar-refractivity contribution in [1.29, 1.82) is 0 Å². The molecule has 2 unspecified atom stereocenters. The van der Waals surface area contributed by atoms with Crippen LogP contribution in [0.5, 0.6) is 5.75 Å². The summed E-state index contributed by atoms with van der Waals surface area (Å²) in [6.07, 6.45) is 0. The number of benzene rings is 1. The van der Waals surface area contributed by atoms with Gasteiger partial charge in [-0.2, -0.15) is 0 Å². The highest BCUT2D eigenvalue weighted by Crippen LogP contribution is 2.19. The lowest BCUT2D eigenvalue weighted by atomic mass is 10.1. The summed E-state index contributed by atoms with van der Waals surface area (Å²) in [4.78, 5) is 22.7. The molecule has 0 fully saturated rings. The fourth-order valence-corrected chi connectivity index (χ4v) is 1.66. The highest BCUT2D eigenvalue weighted by atomic mass is 16.5. The van der Waals surface area contributed by atoms with Gasteiger partial charge in [-0.3, -0.25) is 10.1 Å². The van der Waals surface area contributed by atoms with Gasteiger partial charge in [-0.1, -0.05) is 12.1 Å². The van der Waals surface area contributed by atoms with Crippen molar-refractivity contribution >= 4 is 11.9 Å². The third-order valence-corrected chi connectivity index (χ3v) is 2.75. The number of ether oxygens (including phenoxy) is 2. The lowest BCUT2D eigenvalue weighted by Crippen LogP contribution is -2.40. The molecule has 2 N–H and O–H groups in total. The number of hydrogen-bond acceptors (Lipinski definition) is 5. The molecule has 1 aromatic rings. The van der Waals surface area contributed by atoms with Crippen LogP contribution in [0.25, 0.3) is 0 Å². The van der Waals surface area contributed by atoms with Gasteiger partial charge in [0.05, 0.1) is 13.7 Å². The molecule has 0 aliphatic heterocycles. The van der Waals surface area contributed by atoms with E-state index < -0.39 is 24.0 Å². The van der Waals surface area contributed by atoms with Gasteiger partial charge in [-0.25, -0.2) is 4.79 Å². The molecule has 0 saturated heterocycles. The third kappa shape index (κ3) is 4.24. The van der Waals surface area contributed by atoms with E-state index in [1.807, 2.05) is 6.92 Å². The zero-order chi connectivity index (χ0) is 15.1. The van der Waals surface area contributed by atoms with E-state index in [0.29, 0.717) is 17.9 Å². The van der Waals surface area contributed by atoms with E-state index in [9.17, 15) is 9.59 Å².